The molecule has 4 unspecified atom stereocenters. The van der Waals surface area contributed by atoms with E-state index in [2.05, 4.69) is 77.1 Å². The molecular weight excluding hydrogens is 545 g/mol. The first kappa shape index (κ1) is 28.1. The standard InChI is InChI=1S/C32H35Cl2N3OS/c1-23(37-20-18-35-31(33)32(37,34)25-12-4-3-5-13-25)22-30(38)36(2)19-17-28(29-16-9-21-39-29)27-15-8-11-24-10-6-7-14-26(24)27/h3-16,21,23,28,31,35H,17-20,22H2,1-2H3. The number of alkyl halides is 2. The summed E-state index contributed by atoms with van der Waals surface area (Å²) in [4.78, 5) is 17.9. The Morgan fingerprint density at radius 3 is 2.59 bits per heavy atom. The largest absolute Gasteiger partial charge is 0.346 e. The molecule has 4 nitrogen and oxygen atoms in total. The molecule has 1 saturated heterocycles. The van der Waals surface area contributed by atoms with E-state index < -0.39 is 10.5 Å². The second kappa shape index (κ2) is 12.4. The number of nitrogens with zero attached hydrogens (tertiary/aromatic N) is 2. The van der Waals surface area contributed by atoms with Crippen molar-refractivity contribution >= 4 is 51.2 Å². The van der Waals surface area contributed by atoms with Crippen LogP contribution >= 0.6 is 34.5 Å². The summed E-state index contributed by atoms with van der Waals surface area (Å²) < 4.78 is 0. The molecule has 1 aromatic heterocycles. The number of fused-ring (bicyclic) bond motifs is 1. The van der Waals surface area contributed by atoms with Crippen molar-refractivity contribution < 1.29 is 4.79 Å². The van der Waals surface area contributed by atoms with Gasteiger partial charge in [-0.1, -0.05) is 90.5 Å². The summed E-state index contributed by atoms with van der Waals surface area (Å²) in [5, 5.41) is 7.95. The van der Waals surface area contributed by atoms with Gasteiger partial charge in [0.2, 0.25) is 5.91 Å². The highest BCUT2D eigenvalue weighted by atomic mass is 35.5. The van der Waals surface area contributed by atoms with Crippen LogP contribution in [0.25, 0.3) is 10.8 Å². The number of carbonyl (C=O) groups excluding carboxylic acids is 1. The average molecular weight is 581 g/mol. The Bertz CT molecular complexity index is 1380. The Labute approximate surface area is 245 Å². The number of carbonyl (C=O) groups is 1. The van der Waals surface area contributed by atoms with Gasteiger partial charge in [-0.3, -0.25) is 15.0 Å². The number of rotatable bonds is 9. The second-order valence-electron chi connectivity index (χ2n) is 10.3. The van der Waals surface area contributed by atoms with E-state index in [9.17, 15) is 4.79 Å². The van der Waals surface area contributed by atoms with Crippen LogP contribution in [0.4, 0.5) is 0 Å². The van der Waals surface area contributed by atoms with E-state index in [-0.39, 0.29) is 17.9 Å². The molecule has 1 N–H and O–H groups in total. The van der Waals surface area contributed by atoms with Crippen molar-refractivity contribution in [2.24, 2.45) is 0 Å². The van der Waals surface area contributed by atoms with Crippen LogP contribution in [0, 0.1) is 0 Å². The third-order valence-corrected chi connectivity index (χ3v) is 10.1. The van der Waals surface area contributed by atoms with Gasteiger partial charge in [0.25, 0.3) is 0 Å². The topological polar surface area (TPSA) is 35.6 Å². The summed E-state index contributed by atoms with van der Waals surface area (Å²) in [6, 6.07) is 29.2. The molecule has 1 fully saturated rings. The Morgan fingerprint density at radius 1 is 1.08 bits per heavy atom. The summed E-state index contributed by atoms with van der Waals surface area (Å²) in [5.74, 6) is 0.338. The summed E-state index contributed by atoms with van der Waals surface area (Å²) in [7, 11) is 1.91. The molecule has 0 radical (unpaired) electrons. The fraction of sp³-hybridized carbons (Fsp3) is 0.344. The summed E-state index contributed by atoms with van der Waals surface area (Å²) in [6.07, 6.45) is 1.23. The van der Waals surface area contributed by atoms with E-state index in [1.165, 1.54) is 21.2 Å². The van der Waals surface area contributed by atoms with E-state index in [4.69, 9.17) is 23.2 Å². The number of hydrogen-bond acceptors (Lipinski definition) is 4. The number of thiophene rings is 1. The number of amides is 1. The Morgan fingerprint density at radius 2 is 1.82 bits per heavy atom. The molecule has 0 aliphatic carbocycles. The molecule has 0 saturated carbocycles. The van der Waals surface area contributed by atoms with E-state index >= 15 is 0 Å². The lowest BCUT2D eigenvalue weighted by Crippen LogP contribution is -2.63. The first-order valence-corrected chi connectivity index (χ1v) is 15.2. The normalized spacial score (nSPS) is 21.5. The SMILES string of the molecule is CC(CC(=O)N(C)CCC(c1cccs1)c1cccc2ccccc12)N1CCNC(Cl)C1(Cl)c1ccccc1. The molecule has 3 aromatic carbocycles. The van der Waals surface area contributed by atoms with Gasteiger partial charge in [0.05, 0.1) is 0 Å². The van der Waals surface area contributed by atoms with Gasteiger partial charge in [0.1, 0.15) is 5.50 Å². The smallest absolute Gasteiger partial charge is 0.223 e. The Balaban J connectivity index is 1.29. The van der Waals surface area contributed by atoms with E-state index in [0.717, 1.165) is 18.5 Å². The molecular formula is C32H35Cl2N3OS. The van der Waals surface area contributed by atoms with Crippen molar-refractivity contribution in [2.75, 3.05) is 26.7 Å². The first-order chi connectivity index (χ1) is 18.9. The highest BCUT2D eigenvalue weighted by Gasteiger charge is 2.47. The zero-order chi connectivity index (χ0) is 27.4. The zero-order valence-electron chi connectivity index (χ0n) is 22.4. The molecule has 0 bridgehead atoms. The number of piperazine rings is 1. The van der Waals surface area contributed by atoms with Gasteiger partial charge in [0, 0.05) is 49.9 Å². The first-order valence-electron chi connectivity index (χ1n) is 13.5. The number of nitrogens with one attached hydrogen (secondary N) is 1. The van der Waals surface area contributed by atoms with Crippen LogP contribution in [-0.4, -0.2) is 53.9 Å². The summed E-state index contributed by atoms with van der Waals surface area (Å²) in [6.45, 7) is 4.17. The molecule has 5 rings (SSSR count). The maximum Gasteiger partial charge on any atom is 0.223 e. The minimum absolute atomic E-state index is 0.0767. The molecule has 204 valence electrons. The number of benzene rings is 3. The van der Waals surface area contributed by atoms with Crippen molar-refractivity contribution in [2.45, 2.75) is 42.2 Å². The molecule has 7 heteroatoms. The Hall–Kier alpha value is -2.41. The van der Waals surface area contributed by atoms with E-state index in [1.807, 2.05) is 42.3 Å². The third kappa shape index (κ3) is 5.89. The summed E-state index contributed by atoms with van der Waals surface area (Å²) >= 11 is 15.8. The average Bonchev–Trinajstić information content (AvgIpc) is 3.49. The van der Waals surface area contributed by atoms with Crippen molar-refractivity contribution in [3.63, 3.8) is 0 Å². The molecule has 4 atom stereocenters. The van der Waals surface area contributed by atoms with Gasteiger partial charge >= 0.3 is 0 Å². The maximum absolute atomic E-state index is 13.5. The number of hydrogen-bond donors (Lipinski definition) is 1. The summed E-state index contributed by atoms with van der Waals surface area (Å²) in [5.41, 5.74) is 1.77. The van der Waals surface area contributed by atoms with Crippen molar-refractivity contribution in [3.8, 4) is 0 Å². The van der Waals surface area contributed by atoms with Gasteiger partial charge in [-0.2, -0.15) is 0 Å². The van der Waals surface area contributed by atoms with Crippen LogP contribution in [-0.2, 0) is 9.79 Å². The highest BCUT2D eigenvalue weighted by Crippen LogP contribution is 2.42. The monoisotopic (exact) mass is 579 g/mol. The van der Waals surface area contributed by atoms with Crippen molar-refractivity contribution in [1.29, 1.82) is 0 Å². The van der Waals surface area contributed by atoms with Crippen LogP contribution in [0.1, 0.15) is 41.7 Å². The second-order valence-corrected chi connectivity index (χ2v) is 12.3. The van der Waals surface area contributed by atoms with E-state index in [0.29, 0.717) is 19.5 Å². The van der Waals surface area contributed by atoms with Crippen molar-refractivity contribution in [1.82, 2.24) is 15.1 Å². The molecule has 1 aliphatic heterocycles. The van der Waals surface area contributed by atoms with E-state index in [1.54, 1.807) is 11.3 Å². The highest BCUT2D eigenvalue weighted by molar-refractivity contribution is 7.10. The fourth-order valence-corrected chi connectivity index (χ4v) is 7.44. The molecule has 1 amide bonds. The lowest BCUT2D eigenvalue weighted by Gasteiger charge is -2.49. The predicted molar refractivity (Wildman–Crippen MR) is 165 cm³/mol. The molecule has 0 spiro atoms. The van der Waals surface area contributed by atoms with Gasteiger partial charge < -0.3 is 4.90 Å². The molecule has 39 heavy (non-hydrogen) atoms. The minimum atomic E-state index is -0.933. The maximum atomic E-state index is 13.5. The quantitative estimate of drug-likeness (QED) is 0.168. The van der Waals surface area contributed by atoms with Crippen LogP contribution in [0.15, 0.2) is 90.3 Å². The van der Waals surface area contributed by atoms with Crippen molar-refractivity contribution in [3.05, 3.63) is 106 Å². The molecule has 4 aromatic rings. The molecule has 2 heterocycles. The predicted octanol–water partition coefficient (Wildman–Crippen LogP) is 7.22. The molecule has 1 aliphatic rings. The Kier molecular flexibility index (Phi) is 8.95. The van der Waals surface area contributed by atoms with Gasteiger partial charge in [-0.25, -0.2) is 0 Å². The lowest BCUT2D eigenvalue weighted by molar-refractivity contribution is -0.131. The van der Waals surface area contributed by atoms with Gasteiger partial charge in [-0.05, 0) is 46.7 Å². The van der Waals surface area contributed by atoms with Gasteiger partial charge in [-0.15, -0.1) is 22.9 Å². The lowest BCUT2D eigenvalue weighted by atomic mass is 9.89. The zero-order valence-corrected chi connectivity index (χ0v) is 24.7. The van der Waals surface area contributed by atoms with Gasteiger partial charge in [0.15, 0.2) is 5.00 Å². The van der Waals surface area contributed by atoms with Crippen LogP contribution in [0.2, 0.25) is 0 Å². The van der Waals surface area contributed by atoms with Crippen LogP contribution in [0.5, 0.6) is 0 Å². The number of halogens is 2. The van der Waals surface area contributed by atoms with Crippen LogP contribution < -0.4 is 5.32 Å². The van der Waals surface area contributed by atoms with Crippen LogP contribution in [0.3, 0.4) is 0 Å². The minimum Gasteiger partial charge on any atom is -0.346 e. The fourth-order valence-electron chi connectivity index (χ4n) is 5.74. The third-order valence-electron chi connectivity index (χ3n) is 7.88.